The predicted molar refractivity (Wildman–Crippen MR) is 229 cm³/mol. The van der Waals surface area contributed by atoms with E-state index in [1.165, 1.54) is 84.4 Å². The van der Waals surface area contributed by atoms with Crippen LogP contribution in [0.1, 0.15) is 47.5 Å². The van der Waals surface area contributed by atoms with Gasteiger partial charge in [0.05, 0.1) is 27.7 Å². The van der Waals surface area contributed by atoms with Crippen LogP contribution in [-0.4, -0.2) is 35.7 Å². The quantitative estimate of drug-likeness (QED) is 0.168. The molecule has 1 fully saturated rings. The van der Waals surface area contributed by atoms with Crippen molar-refractivity contribution < 1.29 is 4.65 Å². The van der Waals surface area contributed by atoms with E-state index in [2.05, 4.69) is 189 Å². The van der Waals surface area contributed by atoms with Gasteiger partial charge in [0.2, 0.25) is 0 Å². The average molecular weight is 696 g/mol. The molecule has 1 aliphatic carbocycles. The normalized spacial score (nSPS) is 13.5. The third-order valence-electron chi connectivity index (χ3n) is 11.4. The van der Waals surface area contributed by atoms with Gasteiger partial charge in [-0.15, -0.1) is 0 Å². The first-order chi connectivity index (χ1) is 25.6. The van der Waals surface area contributed by atoms with Crippen molar-refractivity contribution in [2.24, 2.45) is 5.41 Å². The van der Waals surface area contributed by atoms with Crippen molar-refractivity contribution in [2.45, 2.75) is 58.9 Å². The topological polar surface area (TPSA) is 31.1 Å². The lowest BCUT2D eigenvalue weighted by Crippen LogP contribution is -2.48. The minimum Gasteiger partial charge on any atom is -0.425 e. The second-order valence-electron chi connectivity index (χ2n) is 16.2. The predicted octanol–water partition coefficient (Wildman–Crippen LogP) is 11.6. The van der Waals surface area contributed by atoms with Crippen LogP contribution < -0.4 is 10.8 Å². The summed E-state index contributed by atoms with van der Waals surface area (Å²) in [6.07, 6.45) is 2.45. The Balaban J connectivity index is 0.00000129. The molecule has 1 N–H and O–H groups in total. The van der Waals surface area contributed by atoms with Crippen molar-refractivity contribution in [2.75, 3.05) is 14.1 Å². The van der Waals surface area contributed by atoms with E-state index < -0.39 is 0 Å². The van der Waals surface area contributed by atoms with Crippen LogP contribution in [0.3, 0.4) is 0 Å². The summed E-state index contributed by atoms with van der Waals surface area (Å²) < 4.78 is 11.9. The molecule has 8 aromatic rings. The van der Waals surface area contributed by atoms with E-state index in [0.29, 0.717) is 5.82 Å². The first-order valence-corrected chi connectivity index (χ1v) is 19.1. The summed E-state index contributed by atoms with van der Waals surface area (Å²) in [4.78, 5) is 0. The van der Waals surface area contributed by atoms with Gasteiger partial charge in [0.25, 0.3) is 0 Å². The smallest absolute Gasteiger partial charge is 0.330 e. The van der Waals surface area contributed by atoms with Gasteiger partial charge in [-0.05, 0) is 116 Å². The van der Waals surface area contributed by atoms with Crippen molar-refractivity contribution in [3.05, 3.63) is 140 Å². The molecular weight excluding hydrogens is 645 g/mol. The molecule has 0 unspecified atom stereocenters. The molecule has 0 saturated heterocycles. The zero-order valence-electron chi connectivity index (χ0n) is 32.2. The van der Waals surface area contributed by atoms with Gasteiger partial charge >= 0.3 is 6.92 Å². The number of nitrogens with one attached hydrogen (secondary N) is 1. The molecule has 0 spiro atoms. The lowest BCUT2D eigenvalue weighted by atomic mass is 9.55. The van der Waals surface area contributed by atoms with Crippen molar-refractivity contribution in [3.8, 4) is 22.5 Å². The summed E-state index contributed by atoms with van der Waals surface area (Å²) in [5.41, 5.74) is 10.7. The van der Waals surface area contributed by atoms with E-state index >= 15 is 0 Å². The standard InChI is InChI=1S/C46H43BN2O.C2H7N/c1-45(2,3)46(4,5)50-47(33-22-23-33)34-24-27-44-40(30-34)39-29-32(21-26-43(39)49(44)36-16-10-7-11-17-36)31-20-25-42-38(28-31)37-18-12-13-19-41(37)48(42)35-14-8-6-9-15-35;1-3-2/h6-21,24-30,33H,22-23H2,1-5H3;3H,1-2H3. The SMILES string of the molecule is CC(C)(C)C(C)(C)OB(c1ccc2c(c1)c1cc(-c3ccc4c(c3)c3ccccc3n4-c3ccccc3)ccc1n2-c1ccccc1)C1CC1.CNC. The highest BCUT2D eigenvalue weighted by Gasteiger charge is 2.44. The second-order valence-corrected chi connectivity index (χ2v) is 16.2. The molecule has 0 bridgehead atoms. The molecule has 5 heteroatoms. The summed E-state index contributed by atoms with van der Waals surface area (Å²) in [6, 6.07) is 51.2. The maximum Gasteiger partial charge on any atom is 0.330 e. The van der Waals surface area contributed by atoms with Crippen LogP contribution in [0.4, 0.5) is 0 Å². The minimum absolute atomic E-state index is 0.0248. The van der Waals surface area contributed by atoms with E-state index in [0.717, 1.165) is 0 Å². The zero-order chi connectivity index (χ0) is 36.9. The first kappa shape index (κ1) is 35.0. The van der Waals surface area contributed by atoms with Gasteiger partial charge < -0.3 is 19.1 Å². The number of rotatable bonds is 7. The van der Waals surface area contributed by atoms with Crippen molar-refractivity contribution in [1.29, 1.82) is 0 Å². The third kappa shape index (κ3) is 6.36. The summed E-state index contributed by atoms with van der Waals surface area (Å²) in [7, 11) is 3.75. The molecule has 1 saturated carbocycles. The van der Waals surface area contributed by atoms with E-state index in [1.807, 2.05) is 14.1 Å². The molecule has 4 nitrogen and oxygen atoms in total. The minimum atomic E-state index is -0.261. The number of aromatic nitrogens is 2. The Morgan fingerprint density at radius 1 is 0.528 bits per heavy atom. The molecule has 6 aromatic carbocycles. The first-order valence-electron chi connectivity index (χ1n) is 19.1. The number of benzene rings is 6. The molecule has 2 heterocycles. The van der Waals surface area contributed by atoms with E-state index in [4.69, 9.17) is 4.65 Å². The highest BCUT2D eigenvalue weighted by atomic mass is 16.5. The lowest BCUT2D eigenvalue weighted by Gasteiger charge is -2.41. The van der Waals surface area contributed by atoms with Crippen LogP contribution in [0.2, 0.25) is 5.82 Å². The molecular formula is C48H50BN3O. The maximum atomic E-state index is 7.06. The highest BCUT2D eigenvalue weighted by molar-refractivity contribution is 6.70. The maximum absolute atomic E-state index is 7.06. The Kier molecular flexibility index (Phi) is 9.04. The Hall–Kier alpha value is -5.10. The van der Waals surface area contributed by atoms with Crippen LogP contribution in [0, 0.1) is 5.41 Å². The number of para-hydroxylation sites is 3. The van der Waals surface area contributed by atoms with Gasteiger partial charge in [-0.1, -0.05) is 112 Å². The van der Waals surface area contributed by atoms with Gasteiger partial charge in [0.1, 0.15) is 0 Å². The molecule has 0 aliphatic heterocycles. The van der Waals surface area contributed by atoms with Crippen LogP contribution in [-0.2, 0) is 4.65 Å². The Morgan fingerprint density at radius 2 is 0.962 bits per heavy atom. The number of nitrogens with zero attached hydrogens (tertiary/aromatic N) is 2. The van der Waals surface area contributed by atoms with Gasteiger partial charge in [-0.3, -0.25) is 0 Å². The van der Waals surface area contributed by atoms with Gasteiger partial charge in [-0.25, -0.2) is 0 Å². The molecule has 0 amide bonds. The van der Waals surface area contributed by atoms with E-state index in [1.54, 1.807) is 0 Å². The second kappa shape index (κ2) is 13.7. The molecule has 0 atom stereocenters. The van der Waals surface area contributed by atoms with Crippen molar-refractivity contribution >= 4 is 56.0 Å². The highest BCUT2D eigenvalue weighted by Crippen LogP contribution is 2.44. The monoisotopic (exact) mass is 695 g/mol. The van der Waals surface area contributed by atoms with Gasteiger partial charge in [0, 0.05) is 32.9 Å². The molecule has 0 radical (unpaired) electrons. The van der Waals surface area contributed by atoms with E-state index in [-0.39, 0.29) is 17.9 Å². The third-order valence-corrected chi connectivity index (χ3v) is 11.4. The lowest BCUT2D eigenvalue weighted by molar-refractivity contribution is -0.000923. The largest absolute Gasteiger partial charge is 0.425 e. The molecule has 9 rings (SSSR count). The summed E-state index contributed by atoms with van der Waals surface area (Å²) >= 11 is 0. The Bertz CT molecular complexity index is 2550. The van der Waals surface area contributed by atoms with E-state index in [9.17, 15) is 0 Å². The fraction of sp³-hybridized carbons (Fsp3) is 0.250. The number of hydrogen-bond donors (Lipinski definition) is 1. The van der Waals surface area contributed by atoms with Crippen LogP contribution in [0.15, 0.2) is 140 Å². The van der Waals surface area contributed by atoms with Crippen molar-refractivity contribution in [3.63, 3.8) is 0 Å². The fourth-order valence-electron chi connectivity index (χ4n) is 7.59. The fourth-order valence-corrected chi connectivity index (χ4v) is 7.59. The van der Waals surface area contributed by atoms with Crippen LogP contribution in [0.25, 0.3) is 66.1 Å². The van der Waals surface area contributed by atoms with Crippen LogP contribution in [0.5, 0.6) is 0 Å². The summed E-state index contributed by atoms with van der Waals surface area (Å²) in [5.74, 6) is 0.567. The number of fused-ring (bicyclic) bond motifs is 6. The Morgan fingerprint density at radius 3 is 1.47 bits per heavy atom. The Labute approximate surface area is 314 Å². The van der Waals surface area contributed by atoms with Crippen molar-refractivity contribution in [1.82, 2.24) is 14.5 Å². The molecule has 1 aliphatic rings. The average Bonchev–Trinajstić information content (AvgIpc) is 3.89. The van der Waals surface area contributed by atoms with Crippen LogP contribution >= 0.6 is 0 Å². The molecule has 266 valence electrons. The molecule has 53 heavy (non-hydrogen) atoms. The van der Waals surface area contributed by atoms with Gasteiger partial charge in [-0.2, -0.15) is 0 Å². The van der Waals surface area contributed by atoms with Gasteiger partial charge in [0.15, 0.2) is 0 Å². The molecule has 2 aromatic heterocycles. The number of hydrogen-bond acceptors (Lipinski definition) is 2. The zero-order valence-corrected chi connectivity index (χ0v) is 32.2. The summed E-state index contributed by atoms with van der Waals surface area (Å²) in [6.45, 7) is 11.4. The summed E-state index contributed by atoms with van der Waals surface area (Å²) in [5, 5.41) is 7.82.